The topological polar surface area (TPSA) is 73.1 Å². The number of hydrogen-bond donors (Lipinski definition) is 2. The van der Waals surface area contributed by atoms with Crippen molar-refractivity contribution < 1.29 is 9.90 Å². The third kappa shape index (κ3) is 2.04. The van der Waals surface area contributed by atoms with Crippen LogP contribution in [0.4, 0.5) is 5.69 Å². The zero-order valence-corrected chi connectivity index (χ0v) is 10.4. The minimum absolute atomic E-state index is 0.391. The third-order valence-electron chi connectivity index (χ3n) is 3.76. The number of nitriles is 1. The van der Waals surface area contributed by atoms with Crippen molar-refractivity contribution in [2.24, 2.45) is 5.41 Å². The number of aliphatic carboxylic acids is 1. The van der Waals surface area contributed by atoms with Crippen LogP contribution in [0.1, 0.15) is 30.4 Å². The lowest BCUT2D eigenvalue weighted by Crippen LogP contribution is -2.43. The van der Waals surface area contributed by atoms with Gasteiger partial charge in [-0.2, -0.15) is 5.26 Å². The molecule has 0 heterocycles. The first-order chi connectivity index (χ1) is 8.59. The van der Waals surface area contributed by atoms with Crippen molar-refractivity contribution in [1.29, 1.82) is 5.26 Å². The predicted octanol–water partition coefficient (Wildman–Crippen LogP) is 2.53. The summed E-state index contributed by atoms with van der Waals surface area (Å²) >= 11 is 0. The molecule has 1 aliphatic carbocycles. The van der Waals surface area contributed by atoms with Crippen LogP contribution in [0.3, 0.4) is 0 Å². The van der Waals surface area contributed by atoms with Gasteiger partial charge in [-0.15, -0.1) is 0 Å². The number of nitrogens with zero attached hydrogens (tertiary/aromatic N) is 1. The number of carbonyl (C=O) groups is 1. The minimum Gasteiger partial charge on any atom is -0.481 e. The van der Waals surface area contributed by atoms with Crippen molar-refractivity contribution in [3.8, 4) is 6.07 Å². The number of anilines is 1. The summed E-state index contributed by atoms with van der Waals surface area (Å²) < 4.78 is 0. The van der Waals surface area contributed by atoms with Gasteiger partial charge in [0, 0.05) is 6.54 Å². The van der Waals surface area contributed by atoms with Crippen molar-refractivity contribution in [1.82, 2.24) is 0 Å². The first kappa shape index (κ1) is 12.4. The summed E-state index contributed by atoms with van der Waals surface area (Å²) in [5, 5.41) is 21.5. The van der Waals surface area contributed by atoms with E-state index in [0.717, 1.165) is 17.7 Å². The molecule has 1 aliphatic rings. The summed E-state index contributed by atoms with van der Waals surface area (Å²) in [6, 6.07) is 7.61. The van der Waals surface area contributed by atoms with E-state index >= 15 is 0 Å². The van der Waals surface area contributed by atoms with Gasteiger partial charge in [0.05, 0.1) is 16.7 Å². The fraction of sp³-hybridized carbons (Fsp3) is 0.429. The highest BCUT2D eigenvalue weighted by Crippen LogP contribution is 2.41. The molecule has 94 valence electrons. The van der Waals surface area contributed by atoms with Crippen molar-refractivity contribution in [2.75, 3.05) is 11.9 Å². The van der Waals surface area contributed by atoms with Gasteiger partial charge in [0.2, 0.25) is 0 Å². The number of carboxylic acids is 1. The molecular formula is C14H16N2O2. The van der Waals surface area contributed by atoms with Gasteiger partial charge in [0.1, 0.15) is 6.07 Å². The van der Waals surface area contributed by atoms with Crippen LogP contribution in [0, 0.1) is 23.7 Å². The largest absolute Gasteiger partial charge is 0.481 e. The van der Waals surface area contributed by atoms with Gasteiger partial charge in [-0.25, -0.2) is 0 Å². The molecule has 0 bridgehead atoms. The Bertz CT molecular complexity index is 513. The van der Waals surface area contributed by atoms with E-state index in [1.165, 1.54) is 0 Å². The molecule has 0 spiro atoms. The first-order valence-electron chi connectivity index (χ1n) is 6.06. The summed E-state index contributed by atoms with van der Waals surface area (Å²) in [7, 11) is 0. The van der Waals surface area contributed by atoms with Crippen molar-refractivity contribution >= 4 is 11.7 Å². The molecular weight excluding hydrogens is 228 g/mol. The second-order valence-electron chi connectivity index (χ2n) is 4.90. The summed E-state index contributed by atoms with van der Waals surface area (Å²) in [6.45, 7) is 2.30. The molecule has 0 atom stereocenters. The predicted molar refractivity (Wildman–Crippen MR) is 68.3 cm³/mol. The van der Waals surface area contributed by atoms with Crippen molar-refractivity contribution in [3.05, 3.63) is 29.3 Å². The average Bonchev–Trinajstić information content (AvgIpc) is 2.28. The zero-order chi connectivity index (χ0) is 13.2. The molecule has 4 heteroatoms. The molecule has 1 fully saturated rings. The first-order valence-corrected chi connectivity index (χ1v) is 6.06. The molecule has 2 rings (SSSR count). The fourth-order valence-corrected chi connectivity index (χ4v) is 2.32. The molecule has 0 aromatic heterocycles. The Morgan fingerprint density at radius 3 is 2.78 bits per heavy atom. The number of nitrogens with one attached hydrogen (secondary N) is 1. The summed E-state index contributed by atoms with van der Waals surface area (Å²) in [5.41, 5.74) is 1.64. The Hall–Kier alpha value is -2.02. The molecule has 1 aromatic rings. The van der Waals surface area contributed by atoms with Crippen molar-refractivity contribution in [3.63, 3.8) is 0 Å². The molecule has 4 nitrogen and oxygen atoms in total. The Morgan fingerprint density at radius 1 is 1.56 bits per heavy atom. The smallest absolute Gasteiger partial charge is 0.311 e. The number of para-hydroxylation sites is 1. The van der Waals surface area contributed by atoms with Gasteiger partial charge in [-0.3, -0.25) is 4.79 Å². The van der Waals surface area contributed by atoms with Crippen LogP contribution in [0.25, 0.3) is 0 Å². The Balaban J connectivity index is 2.16. The van der Waals surface area contributed by atoms with Gasteiger partial charge in [-0.1, -0.05) is 18.6 Å². The number of benzene rings is 1. The Kier molecular flexibility index (Phi) is 3.24. The summed E-state index contributed by atoms with van der Waals surface area (Å²) in [4.78, 5) is 11.3. The van der Waals surface area contributed by atoms with Gasteiger partial charge in [-0.05, 0) is 31.4 Å². The lowest BCUT2D eigenvalue weighted by atomic mass is 9.68. The van der Waals surface area contributed by atoms with E-state index in [0.29, 0.717) is 24.9 Å². The molecule has 1 aromatic carbocycles. The van der Waals surface area contributed by atoms with E-state index < -0.39 is 11.4 Å². The van der Waals surface area contributed by atoms with E-state index in [9.17, 15) is 9.90 Å². The Labute approximate surface area is 106 Å². The highest BCUT2D eigenvalue weighted by Gasteiger charge is 2.44. The maximum Gasteiger partial charge on any atom is 0.311 e. The highest BCUT2D eigenvalue weighted by molar-refractivity contribution is 5.77. The zero-order valence-electron chi connectivity index (χ0n) is 10.4. The maximum absolute atomic E-state index is 11.3. The van der Waals surface area contributed by atoms with Crippen LogP contribution < -0.4 is 5.32 Å². The van der Waals surface area contributed by atoms with Crippen LogP contribution in [0.5, 0.6) is 0 Å². The third-order valence-corrected chi connectivity index (χ3v) is 3.76. The molecule has 1 saturated carbocycles. The average molecular weight is 244 g/mol. The Morgan fingerprint density at radius 2 is 2.28 bits per heavy atom. The highest BCUT2D eigenvalue weighted by atomic mass is 16.4. The van der Waals surface area contributed by atoms with E-state index in [1.54, 1.807) is 6.07 Å². The molecule has 0 radical (unpaired) electrons. The summed E-state index contributed by atoms with van der Waals surface area (Å²) in [6.07, 6.45) is 2.39. The number of rotatable bonds is 4. The number of hydrogen-bond acceptors (Lipinski definition) is 3. The van der Waals surface area contributed by atoms with E-state index in [1.807, 2.05) is 19.1 Å². The number of aryl methyl sites for hydroxylation is 1. The van der Waals surface area contributed by atoms with E-state index in [2.05, 4.69) is 11.4 Å². The van der Waals surface area contributed by atoms with Crippen LogP contribution >= 0.6 is 0 Å². The molecule has 0 unspecified atom stereocenters. The van der Waals surface area contributed by atoms with Gasteiger partial charge in [0.15, 0.2) is 0 Å². The molecule has 0 amide bonds. The van der Waals surface area contributed by atoms with Crippen LogP contribution in [-0.2, 0) is 4.79 Å². The lowest BCUT2D eigenvalue weighted by Gasteiger charge is -2.38. The van der Waals surface area contributed by atoms with Crippen LogP contribution in [-0.4, -0.2) is 17.6 Å². The monoisotopic (exact) mass is 244 g/mol. The quantitative estimate of drug-likeness (QED) is 0.853. The SMILES string of the molecule is Cc1cccc(C#N)c1NCC1(C(=O)O)CCC1. The normalized spacial score (nSPS) is 16.4. The molecule has 18 heavy (non-hydrogen) atoms. The lowest BCUT2D eigenvalue weighted by molar-refractivity contribution is -0.153. The molecule has 0 aliphatic heterocycles. The van der Waals surface area contributed by atoms with E-state index in [-0.39, 0.29) is 0 Å². The van der Waals surface area contributed by atoms with Crippen LogP contribution in [0.15, 0.2) is 18.2 Å². The second kappa shape index (κ2) is 4.69. The fourth-order valence-electron chi connectivity index (χ4n) is 2.32. The van der Waals surface area contributed by atoms with Gasteiger partial charge in [0.25, 0.3) is 0 Å². The molecule has 2 N–H and O–H groups in total. The van der Waals surface area contributed by atoms with Crippen LogP contribution in [0.2, 0.25) is 0 Å². The molecule has 0 saturated heterocycles. The second-order valence-corrected chi connectivity index (χ2v) is 4.90. The van der Waals surface area contributed by atoms with E-state index in [4.69, 9.17) is 5.26 Å². The number of carboxylic acid groups (broad SMARTS) is 1. The van der Waals surface area contributed by atoms with Crippen molar-refractivity contribution in [2.45, 2.75) is 26.2 Å². The van der Waals surface area contributed by atoms with Gasteiger partial charge >= 0.3 is 5.97 Å². The minimum atomic E-state index is -0.742. The summed E-state index contributed by atoms with van der Waals surface area (Å²) in [5.74, 6) is -0.742. The van der Waals surface area contributed by atoms with Gasteiger partial charge < -0.3 is 10.4 Å². The standard InChI is InChI=1S/C14H16N2O2/c1-10-4-2-5-11(8-15)12(10)16-9-14(13(17)18)6-3-7-14/h2,4-5,16H,3,6-7,9H2,1H3,(H,17,18). The maximum atomic E-state index is 11.3.